The van der Waals surface area contributed by atoms with E-state index in [1.54, 1.807) is 0 Å². The highest BCUT2D eigenvalue weighted by Crippen LogP contribution is 2.45. The molecule has 2 aromatic carbocycles. The molecular formula is C28H16+2. The van der Waals surface area contributed by atoms with Gasteiger partial charge >= 0.3 is 0 Å². The van der Waals surface area contributed by atoms with Crippen LogP contribution in [-0.2, 0) is 0 Å². The molecule has 6 rings (SSSR count). The first-order chi connectivity index (χ1) is 13.9. The third-order valence-electron chi connectivity index (χ3n) is 5.68. The smallest absolute Gasteiger partial charge is 0.0607 e. The minimum absolute atomic E-state index is 1.13. The summed E-state index contributed by atoms with van der Waals surface area (Å²) in [4.78, 5) is 0. The van der Waals surface area contributed by atoms with Gasteiger partial charge in [-0.05, 0) is 54.5 Å². The van der Waals surface area contributed by atoms with Crippen LogP contribution in [0.15, 0.2) is 102 Å². The average Bonchev–Trinajstić information content (AvgIpc) is 3.26. The van der Waals surface area contributed by atoms with Crippen molar-refractivity contribution >= 4 is 16.7 Å². The van der Waals surface area contributed by atoms with Crippen LogP contribution < -0.4 is 0 Å². The van der Waals surface area contributed by atoms with Gasteiger partial charge in [-0.15, -0.1) is 0 Å². The van der Waals surface area contributed by atoms with Crippen molar-refractivity contribution in [1.29, 1.82) is 0 Å². The summed E-state index contributed by atoms with van der Waals surface area (Å²) in [6.07, 6.45) is 17.1. The molecule has 126 valence electrons. The highest BCUT2D eigenvalue weighted by atomic mass is 14.3. The van der Waals surface area contributed by atoms with E-state index >= 15 is 0 Å². The molecule has 0 N–H and O–H groups in total. The number of allylic oxidation sites excluding steroid dienone is 12. The van der Waals surface area contributed by atoms with Crippen molar-refractivity contribution in [1.82, 2.24) is 0 Å². The molecule has 0 saturated heterocycles. The fourth-order valence-corrected chi connectivity index (χ4v) is 4.43. The van der Waals surface area contributed by atoms with Crippen molar-refractivity contribution in [2.75, 3.05) is 0 Å². The summed E-state index contributed by atoms with van der Waals surface area (Å²) in [6.45, 7) is 0. The molecule has 0 aliphatic heterocycles. The molecule has 0 heteroatoms. The SMILES string of the molecule is C(#CC1=C2C=CC=C[C+]2c2ccccc21)C1=C2[CH+]C=CC=C2c2ccccc21. The number of fused-ring (bicyclic) bond motifs is 6. The second kappa shape index (κ2) is 5.84. The Hall–Kier alpha value is -3.82. The molecule has 0 atom stereocenters. The average molecular weight is 352 g/mol. The maximum absolute atomic E-state index is 3.55. The monoisotopic (exact) mass is 352 g/mol. The lowest BCUT2D eigenvalue weighted by atomic mass is 9.92. The van der Waals surface area contributed by atoms with E-state index in [1.165, 1.54) is 44.9 Å². The molecule has 0 radical (unpaired) electrons. The Morgan fingerprint density at radius 2 is 1.54 bits per heavy atom. The standard InChI is InChI=1S/C28H16/c1-5-13-23-19(9-1)20-10-2-6-14-24(20)27(23)17-18-28-25-15-7-3-11-21(25)22-12-4-8-16-26(22)28/h1-16H/q+2. The summed E-state index contributed by atoms with van der Waals surface area (Å²) < 4.78 is 0. The highest BCUT2D eigenvalue weighted by Gasteiger charge is 2.36. The Morgan fingerprint density at radius 3 is 2.46 bits per heavy atom. The van der Waals surface area contributed by atoms with Crippen LogP contribution in [0.2, 0.25) is 0 Å². The Kier molecular flexibility index (Phi) is 3.18. The Bertz CT molecular complexity index is 1260. The van der Waals surface area contributed by atoms with Crippen LogP contribution in [0, 0.1) is 24.2 Å². The number of benzene rings is 2. The summed E-state index contributed by atoms with van der Waals surface area (Å²) in [6, 6.07) is 17.1. The molecule has 0 heterocycles. The van der Waals surface area contributed by atoms with Crippen molar-refractivity contribution in [3.8, 4) is 11.8 Å². The van der Waals surface area contributed by atoms with Gasteiger partial charge in [0.15, 0.2) is 0 Å². The topological polar surface area (TPSA) is 0 Å². The van der Waals surface area contributed by atoms with Gasteiger partial charge in [0.05, 0.1) is 33.8 Å². The first-order valence-corrected chi connectivity index (χ1v) is 9.56. The zero-order chi connectivity index (χ0) is 18.5. The fraction of sp³-hybridized carbons (Fsp3) is 0. The number of rotatable bonds is 0. The van der Waals surface area contributed by atoms with Crippen molar-refractivity contribution in [2.45, 2.75) is 0 Å². The van der Waals surface area contributed by atoms with Crippen molar-refractivity contribution < 1.29 is 0 Å². The quantitative estimate of drug-likeness (QED) is 0.395. The second-order valence-electron chi connectivity index (χ2n) is 7.18. The molecule has 0 spiro atoms. The van der Waals surface area contributed by atoms with Crippen LogP contribution in [0.25, 0.3) is 16.7 Å². The Balaban J connectivity index is 1.54. The lowest BCUT2D eigenvalue weighted by Crippen LogP contribution is -1.96. The molecule has 0 fully saturated rings. The Labute approximate surface area is 165 Å². The third-order valence-corrected chi connectivity index (χ3v) is 5.68. The molecule has 0 nitrogen and oxygen atoms in total. The van der Waals surface area contributed by atoms with Crippen LogP contribution >= 0.6 is 0 Å². The first kappa shape index (κ1) is 15.3. The van der Waals surface area contributed by atoms with E-state index in [0.717, 1.165) is 11.1 Å². The summed E-state index contributed by atoms with van der Waals surface area (Å²) in [5, 5.41) is 0. The van der Waals surface area contributed by atoms with Crippen molar-refractivity contribution in [2.24, 2.45) is 0 Å². The molecule has 0 amide bonds. The van der Waals surface area contributed by atoms with Gasteiger partial charge in [0.25, 0.3) is 0 Å². The van der Waals surface area contributed by atoms with Crippen molar-refractivity contribution in [3.05, 3.63) is 137 Å². The predicted molar refractivity (Wildman–Crippen MR) is 117 cm³/mol. The van der Waals surface area contributed by atoms with E-state index in [2.05, 4.69) is 109 Å². The normalized spacial score (nSPS) is 17.4. The lowest BCUT2D eigenvalue weighted by Gasteiger charge is -2.04. The zero-order valence-corrected chi connectivity index (χ0v) is 15.2. The minimum Gasteiger partial charge on any atom is -0.0607 e. The maximum Gasteiger partial charge on any atom is 0.122 e. The molecule has 0 unspecified atom stereocenters. The second-order valence-corrected chi connectivity index (χ2v) is 7.18. The van der Waals surface area contributed by atoms with Gasteiger partial charge in [0, 0.05) is 48.3 Å². The van der Waals surface area contributed by atoms with Gasteiger partial charge in [-0.2, -0.15) is 0 Å². The summed E-state index contributed by atoms with van der Waals surface area (Å²) in [5.41, 5.74) is 11.0. The summed E-state index contributed by atoms with van der Waals surface area (Å²) >= 11 is 0. The molecule has 4 aliphatic carbocycles. The van der Waals surface area contributed by atoms with Crippen LogP contribution in [0.4, 0.5) is 0 Å². The minimum atomic E-state index is 1.13. The van der Waals surface area contributed by atoms with Gasteiger partial charge in [0.2, 0.25) is 0 Å². The molecule has 0 bridgehead atoms. The van der Waals surface area contributed by atoms with E-state index in [0.29, 0.717) is 0 Å². The Morgan fingerprint density at radius 1 is 0.750 bits per heavy atom. The molecule has 2 aromatic rings. The lowest BCUT2D eigenvalue weighted by molar-refractivity contribution is 1.33. The zero-order valence-electron chi connectivity index (χ0n) is 15.2. The van der Waals surface area contributed by atoms with Gasteiger partial charge < -0.3 is 0 Å². The predicted octanol–water partition coefficient (Wildman–Crippen LogP) is 6.13. The van der Waals surface area contributed by atoms with Gasteiger partial charge in [-0.25, -0.2) is 0 Å². The maximum atomic E-state index is 3.55. The van der Waals surface area contributed by atoms with Crippen LogP contribution in [0.5, 0.6) is 0 Å². The van der Waals surface area contributed by atoms with Gasteiger partial charge in [0.1, 0.15) is 16.7 Å². The molecular weight excluding hydrogens is 336 g/mol. The van der Waals surface area contributed by atoms with Crippen LogP contribution in [0.1, 0.15) is 22.3 Å². The molecule has 0 saturated carbocycles. The number of hydrogen-bond acceptors (Lipinski definition) is 0. The van der Waals surface area contributed by atoms with E-state index < -0.39 is 0 Å². The fourth-order valence-electron chi connectivity index (χ4n) is 4.43. The van der Waals surface area contributed by atoms with Crippen LogP contribution in [-0.4, -0.2) is 0 Å². The van der Waals surface area contributed by atoms with E-state index in [1.807, 2.05) is 0 Å². The van der Waals surface area contributed by atoms with E-state index in [-0.39, 0.29) is 0 Å². The highest BCUT2D eigenvalue weighted by molar-refractivity contribution is 6.08. The number of hydrogen-bond donors (Lipinski definition) is 0. The van der Waals surface area contributed by atoms with E-state index in [9.17, 15) is 0 Å². The summed E-state index contributed by atoms with van der Waals surface area (Å²) in [7, 11) is 0. The van der Waals surface area contributed by atoms with Crippen molar-refractivity contribution in [3.63, 3.8) is 0 Å². The summed E-state index contributed by atoms with van der Waals surface area (Å²) in [5.74, 6) is 8.37. The third kappa shape index (κ3) is 2.08. The van der Waals surface area contributed by atoms with Gasteiger partial charge in [-0.1, -0.05) is 12.1 Å². The molecule has 28 heavy (non-hydrogen) atoms. The van der Waals surface area contributed by atoms with Gasteiger partial charge in [-0.3, -0.25) is 0 Å². The van der Waals surface area contributed by atoms with E-state index in [4.69, 9.17) is 0 Å². The first-order valence-electron chi connectivity index (χ1n) is 9.56. The largest absolute Gasteiger partial charge is 0.122 e. The molecule has 4 aliphatic rings. The molecule has 0 aromatic heterocycles. The van der Waals surface area contributed by atoms with Crippen LogP contribution in [0.3, 0.4) is 0 Å².